The highest BCUT2D eigenvalue weighted by Gasteiger charge is 2.72. The second kappa shape index (κ2) is 9.30. The maximum absolute atomic E-state index is 14.1. The smallest absolute Gasteiger partial charge is 0.249 e. The van der Waals surface area contributed by atoms with Crippen LogP contribution in [0.4, 0.5) is 0 Å². The number of benzene rings is 3. The van der Waals surface area contributed by atoms with E-state index in [1.54, 1.807) is 4.90 Å². The molecule has 1 N–H and O–H groups in total. The third-order valence-electron chi connectivity index (χ3n) is 8.48. The van der Waals surface area contributed by atoms with Crippen molar-refractivity contribution < 1.29 is 19.1 Å². The quantitative estimate of drug-likeness (QED) is 0.544. The zero-order chi connectivity index (χ0) is 25.6. The Hall–Kier alpha value is -3.71. The van der Waals surface area contributed by atoms with Crippen LogP contribution in [0.15, 0.2) is 72.8 Å². The van der Waals surface area contributed by atoms with Gasteiger partial charge in [-0.25, -0.2) is 0 Å². The fraction of sp³-hybridized carbons (Fsp3) is 0.367. The van der Waals surface area contributed by atoms with Gasteiger partial charge in [0, 0.05) is 26.2 Å². The van der Waals surface area contributed by atoms with Crippen molar-refractivity contribution in [2.24, 2.45) is 5.92 Å². The predicted molar refractivity (Wildman–Crippen MR) is 139 cm³/mol. The Morgan fingerprint density at radius 2 is 1.78 bits per heavy atom. The van der Waals surface area contributed by atoms with Gasteiger partial charge in [-0.3, -0.25) is 14.4 Å². The summed E-state index contributed by atoms with van der Waals surface area (Å²) in [5, 5.41) is 5.35. The first kappa shape index (κ1) is 23.7. The van der Waals surface area contributed by atoms with Gasteiger partial charge in [0.2, 0.25) is 17.7 Å². The number of rotatable bonds is 7. The number of nitrogens with one attached hydrogen (secondary N) is 1. The molecule has 0 aromatic heterocycles. The van der Waals surface area contributed by atoms with E-state index < -0.39 is 11.6 Å². The van der Waals surface area contributed by atoms with Gasteiger partial charge in [0.25, 0.3) is 0 Å². The van der Waals surface area contributed by atoms with E-state index in [4.69, 9.17) is 4.74 Å². The minimum absolute atomic E-state index is 0.0242. The van der Waals surface area contributed by atoms with E-state index in [0.29, 0.717) is 25.9 Å². The number of ether oxygens (including phenoxy) is 1. The molecule has 2 bridgehead atoms. The Morgan fingerprint density at radius 3 is 2.59 bits per heavy atom. The molecule has 3 saturated heterocycles. The molecule has 6 rings (SSSR count). The number of hydrogen-bond donors (Lipinski definition) is 1. The number of methoxy groups -OCH3 is 1. The average Bonchev–Trinajstić information content (AvgIpc) is 3.53. The topological polar surface area (TPSA) is 79.0 Å². The SMILES string of the molecule is COCC(=O)N1C2CCC13[C@H](C2)C(=O)N(Cc1ccccc1)[C@H]3C(=O)NCc1cccc2ccccc12. The summed E-state index contributed by atoms with van der Waals surface area (Å²) in [4.78, 5) is 44.7. The first-order chi connectivity index (χ1) is 18.0. The van der Waals surface area contributed by atoms with Crippen LogP contribution in [0.2, 0.25) is 0 Å². The van der Waals surface area contributed by atoms with E-state index in [1.807, 2.05) is 59.5 Å². The molecule has 3 amide bonds. The predicted octanol–water partition coefficient (Wildman–Crippen LogP) is 3.26. The molecule has 3 heterocycles. The molecule has 0 radical (unpaired) electrons. The first-order valence-electron chi connectivity index (χ1n) is 12.9. The maximum Gasteiger partial charge on any atom is 0.249 e. The van der Waals surface area contributed by atoms with Gasteiger partial charge in [-0.05, 0) is 41.2 Å². The molecular formula is C30H31N3O4. The molecule has 0 aliphatic carbocycles. The monoisotopic (exact) mass is 497 g/mol. The number of likely N-dealkylation sites (tertiary alicyclic amines) is 1. The molecule has 0 saturated carbocycles. The fourth-order valence-electron chi connectivity index (χ4n) is 7.07. The van der Waals surface area contributed by atoms with Crippen molar-refractivity contribution in [1.82, 2.24) is 15.1 Å². The minimum atomic E-state index is -0.838. The van der Waals surface area contributed by atoms with Gasteiger partial charge in [-0.15, -0.1) is 0 Å². The van der Waals surface area contributed by atoms with E-state index in [0.717, 1.165) is 28.3 Å². The first-order valence-corrected chi connectivity index (χ1v) is 12.9. The normalized spacial score (nSPS) is 26.1. The van der Waals surface area contributed by atoms with Crippen LogP contribution < -0.4 is 5.32 Å². The van der Waals surface area contributed by atoms with Crippen LogP contribution in [-0.2, 0) is 32.2 Å². The van der Waals surface area contributed by atoms with Crippen LogP contribution in [0.1, 0.15) is 30.4 Å². The lowest BCUT2D eigenvalue weighted by Crippen LogP contribution is -2.61. The zero-order valence-corrected chi connectivity index (χ0v) is 20.9. The van der Waals surface area contributed by atoms with Crippen molar-refractivity contribution in [2.45, 2.75) is 50.0 Å². The van der Waals surface area contributed by atoms with E-state index in [2.05, 4.69) is 23.5 Å². The molecule has 3 fully saturated rings. The van der Waals surface area contributed by atoms with E-state index >= 15 is 0 Å². The highest BCUT2D eigenvalue weighted by Crippen LogP contribution is 2.57. The van der Waals surface area contributed by atoms with E-state index in [1.165, 1.54) is 7.11 Å². The van der Waals surface area contributed by atoms with Gasteiger partial charge in [0.1, 0.15) is 12.6 Å². The lowest BCUT2D eigenvalue weighted by Gasteiger charge is -2.40. The summed E-state index contributed by atoms with van der Waals surface area (Å²) in [7, 11) is 1.50. The van der Waals surface area contributed by atoms with Crippen LogP contribution in [0.5, 0.6) is 0 Å². The van der Waals surface area contributed by atoms with Crippen molar-refractivity contribution in [2.75, 3.05) is 13.7 Å². The molecular weight excluding hydrogens is 466 g/mol. The van der Waals surface area contributed by atoms with Crippen molar-refractivity contribution in [3.8, 4) is 0 Å². The number of fused-ring (bicyclic) bond motifs is 2. The third-order valence-corrected chi connectivity index (χ3v) is 8.48. The summed E-state index contributed by atoms with van der Waals surface area (Å²) in [5.41, 5.74) is 1.14. The van der Waals surface area contributed by atoms with Gasteiger partial charge in [-0.2, -0.15) is 0 Å². The number of carbonyl (C=O) groups is 3. The van der Waals surface area contributed by atoms with Gasteiger partial charge in [0.15, 0.2) is 0 Å². The minimum Gasteiger partial charge on any atom is -0.375 e. The Balaban J connectivity index is 1.35. The Bertz CT molecular complexity index is 1350. The molecule has 2 unspecified atom stereocenters. The standard InChI is InChI=1S/C30H31N3O4/c1-37-19-26(34)33-23-14-15-30(33)25(16-23)29(36)32(18-20-8-3-2-4-9-20)27(30)28(35)31-17-22-12-7-11-21-10-5-6-13-24(21)22/h2-13,23,25,27H,14-19H2,1H3,(H,31,35)/t23?,25-,27+,30?/m1/s1. The average molecular weight is 498 g/mol. The van der Waals surface area contributed by atoms with Crippen LogP contribution >= 0.6 is 0 Å². The Morgan fingerprint density at radius 1 is 1.03 bits per heavy atom. The summed E-state index contributed by atoms with van der Waals surface area (Å²) in [6, 6.07) is 23.1. The van der Waals surface area contributed by atoms with Crippen LogP contribution in [0.25, 0.3) is 10.8 Å². The highest BCUT2D eigenvalue weighted by atomic mass is 16.5. The zero-order valence-electron chi connectivity index (χ0n) is 20.9. The van der Waals surface area contributed by atoms with Crippen molar-refractivity contribution in [3.63, 3.8) is 0 Å². The lowest BCUT2D eigenvalue weighted by atomic mass is 9.75. The molecule has 3 aromatic rings. The van der Waals surface area contributed by atoms with Gasteiger partial charge in [0.05, 0.1) is 11.5 Å². The van der Waals surface area contributed by atoms with Gasteiger partial charge >= 0.3 is 0 Å². The summed E-state index contributed by atoms with van der Waals surface area (Å²) in [6.07, 6.45) is 2.04. The van der Waals surface area contributed by atoms with E-state index in [-0.39, 0.29) is 36.3 Å². The van der Waals surface area contributed by atoms with Crippen molar-refractivity contribution in [3.05, 3.63) is 83.9 Å². The van der Waals surface area contributed by atoms with Gasteiger partial charge in [-0.1, -0.05) is 72.8 Å². The second-order valence-electron chi connectivity index (χ2n) is 10.4. The van der Waals surface area contributed by atoms with Crippen LogP contribution in [0.3, 0.4) is 0 Å². The number of amides is 3. The molecule has 37 heavy (non-hydrogen) atoms. The third kappa shape index (κ3) is 3.72. The van der Waals surface area contributed by atoms with Crippen molar-refractivity contribution >= 4 is 28.5 Å². The molecule has 7 nitrogen and oxygen atoms in total. The van der Waals surface area contributed by atoms with E-state index in [9.17, 15) is 14.4 Å². The summed E-state index contributed by atoms with van der Waals surface area (Å²) in [6.45, 7) is 0.629. The highest BCUT2D eigenvalue weighted by molar-refractivity contribution is 5.98. The molecule has 3 aromatic carbocycles. The maximum atomic E-state index is 14.1. The molecule has 190 valence electrons. The summed E-state index contributed by atoms with van der Waals surface area (Å²) >= 11 is 0. The molecule has 3 aliphatic heterocycles. The lowest BCUT2D eigenvalue weighted by molar-refractivity contribution is -0.144. The van der Waals surface area contributed by atoms with Crippen LogP contribution in [-0.4, -0.2) is 58.9 Å². The number of nitrogens with zero attached hydrogens (tertiary/aromatic N) is 2. The Kier molecular flexibility index (Phi) is 5.95. The van der Waals surface area contributed by atoms with Gasteiger partial charge < -0.3 is 19.9 Å². The molecule has 4 atom stereocenters. The number of carbonyl (C=O) groups excluding carboxylic acids is 3. The molecule has 7 heteroatoms. The van der Waals surface area contributed by atoms with Crippen LogP contribution in [0, 0.1) is 5.92 Å². The summed E-state index contributed by atoms with van der Waals surface area (Å²) in [5.74, 6) is -0.762. The number of hydrogen-bond acceptors (Lipinski definition) is 4. The fourth-order valence-corrected chi connectivity index (χ4v) is 7.07. The largest absolute Gasteiger partial charge is 0.375 e. The molecule has 3 aliphatic rings. The van der Waals surface area contributed by atoms with Crippen molar-refractivity contribution in [1.29, 1.82) is 0 Å². The molecule has 1 spiro atoms. The summed E-state index contributed by atoms with van der Waals surface area (Å²) < 4.78 is 5.19. The Labute approximate surface area is 216 Å². The second-order valence-corrected chi connectivity index (χ2v) is 10.4.